The quantitative estimate of drug-likeness (QED) is 0.648. The number of pyridine rings is 1. The van der Waals surface area contributed by atoms with Gasteiger partial charge in [0.15, 0.2) is 0 Å². The SMILES string of the molecule is CCOC(=O)C1=C(CN2CCN(C)CC2)Nc2ccnc(OC(C)C)c2C1c1ccccc1. The van der Waals surface area contributed by atoms with Crippen molar-refractivity contribution in [3.63, 3.8) is 0 Å². The smallest absolute Gasteiger partial charge is 0.336 e. The summed E-state index contributed by atoms with van der Waals surface area (Å²) < 4.78 is 11.7. The highest BCUT2D eigenvalue weighted by Crippen LogP contribution is 2.46. The molecule has 2 aromatic rings. The van der Waals surface area contributed by atoms with Gasteiger partial charge in [0.25, 0.3) is 0 Å². The zero-order valence-corrected chi connectivity index (χ0v) is 20.0. The number of aromatic nitrogens is 1. The summed E-state index contributed by atoms with van der Waals surface area (Å²) >= 11 is 0. The van der Waals surface area contributed by atoms with Crippen molar-refractivity contribution in [2.75, 3.05) is 51.7 Å². The molecule has 0 aliphatic carbocycles. The van der Waals surface area contributed by atoms with E-state index in [1.54, 1.807) is 6.20 Å². The lowest BCUT2D eigenvalue weighted by Crippen LogP contribution is -2.46. The van der Waals surface area contributed by atoms with Gasteiger partial charge in [-0.3, -0.25) is 4.90 Å². The fraction of sp³-hybridized carbons (Fsp3) is 0.462. The van der Waals surface area contributed by atoms with Crippen LogP contribution in [0.3, 0.4) is 0 Å². The zero-order valence-electron chi connectivity index (χ0n) is 20.0. The molecular weight excluding hydrogens is 416 g/mol. The Kier molecular flexibility index (Phi) is 7.30. The third kappa shape index (κ3) is 5.20. The summed E-state index contributed by atoms with van der Waals surface area (Å²) in [5.41, 5.74) is 4.34. The number of hydrogen-bond acceptors (Lipinski definition) is 7. The van der Waals surface area contributed by atoms with Crippen molar-refractivity contribution in [1.29, 1.82) is 0 Å². The number of likely N-dealkylation sites (N-methyl/N-ethyl adjacent to an activating group) is 1. The van der Waals surface area contributed by atoms with Crippen LogP contribution in [0.5, 0.6) is 5.88 Å². The number of carbonyl (C=O) groups is 1. The first-order valence-electron chi connectivity index (χ1n) is 11.8. The Morgan fingerprint density at radius 1 is 1.15 bits per heavy atom. The number of piperazine rings is 1. The number of hydrogen-bond donors (Lipinski definition) is 1. The number of rotatable bonds is 7. The van der Waals surface area contributed by atoms with Gasteiger partial charge < -0.3 is 19.7 Å². The van der Waals surface area contributed by atoms with Crippen LogP contribution in [0.15, 0.2) is 53.9 Å². The molecule has 0 amide bonds. The molecule has 4 rings (SSSR count). The topological polar surface area (TPSA) is 66.9 Å². The monoisotopic (exact) mass is 450 g/mol. The molecule has 2 aliphatic rings. The average Bonchev–Trinajstić information content (AvgIpc) is 2.80. The fourth-order valence-electron chi connectivity index (χ4n) is 4.49. The van der Waals surface area contributed by atoms with E-state index >= 15 is 0 Å². The molecule has 7 nitrogen and oxygen atoms in total. The second-order valence-electron chi connectivity index (χ2n) is 8.90. The van der Waals surface area contributed by atoms with Gasteiger partial charge in [0.05, 0.1) is 24.2 Å². The van der Waals surface area contributed by atoms with Gasteiger partial charge in [-0.25, -0.2) is 9.78 Å². The summed E-state index contributed by atoms with van der Waals surface area (Å²) in [6, 6.07) is 12.1. The van der Waals surface area contributed by atoms with Gasteiger partial charge in [0, 0.05) is 55.9 Å². The molecule has 7 heteroatoms. The van der Waals surface area contributed by atoms with Gasteiger partial charge in [0.2, 0.25) is 5.88 Å². The summed E-state index contributed by atoms with van der Waals surface area (Å²) in [5, 5.41) is 3.56. The second kappa shape index (κ2) is 10.4. The van der Waals surface area contributed by atoms with Gasteiger partial charge in [-0.05, 0) is 39.4 Å². The van der Waals surface area contributed by atoms with Gasteiger partial charge in [-0.1, -0.05) is 30.3 Å². The van der Waals surface area contributed by atoms with Crippen LogP contribution >= 0.6 is 0 Å². The summed E-state index contributed by atoms with van der Waals surface area (Å²) in [4.78, 5) is 22.7. The van der Waals surface area contributed by atoms with Crippen LogP contribution in [0.1, 0.15) is 37.8 Å². The van der Waals surface area contributed by atoms with Crippen molar-refractivity contribution in [2.24, 2.45) is 0 Å². The minimum absolute atomic E-state index is 0.0396. The van der Waals surface area contributed by atoms with Crippen LogP contribution in [0.2, 0.25) is 0 Å². The minimum Gasteiger partial charge on any atom is -0.475 e. The summed E-state index contributed by atoms with van der Waals surface area (Å²) in [6.45, 7) is 10.7. The lowest BCUT2D eigenvalue weighted by molar-refractivity contribution is -0.138. The molecule has 1 fully saturated rings. The van der Waals surface area contributed by atoms with Crippen LogP contribution in [0.4, 0.5) is 5.69 Å². The Hall–Kier alpha value is -2.90. The lowest BCUT2D eigenvalue weighted by Gasteiger charge is -2.37. The molecule has 1 atom stereocenters. The standard InChI is InChI=1S/C26H34N4O3/c1-5-32-26(31)24-21(17-30-15-13-29(4)14-16-30)28-20-11-12-27-25(33-18(2)3)23(20)22(24)19-9-7-6-8-10-19/h6-12,18,22,28H,5,13-17H2,1-4H3. The molecule has 176 valence electrons. The first kappa shape index (κ1) is 23.3. The van der Waals surface area contributed by atoms with E-state index in [2.05, 4.69) is 39.3 Å². The average molecular weight is 451 g/mol. The van der Waals surface area contributed by atoms with E-state index in [-0.39, 0.29) is 18.0 Å². The Morgan fingerprint density at radius 2 is 1.88 bits per heavy atom. The summed E-state index contributed by atoms with van der Waals surface area (Å²) in [7, 11) is 2.14. The lowest BCUT2D eigenvalue weighted by atomic mass is 9.80. The van der Waals surface area contributed by atoms with Gasteiger partial charge in [0.1, 0.15) is 0 Å². The van der Waals surface area contributed by atoms with Crippen LogP contribution in [0.25, 0.3) is 0 Å². The maximum absolute atomic E-state index is 13.4. The zero-order chi connectivity index (χ0) is 23.4. The maximum Gasteiger partial charge on any atom is 0.336 e. The largest absolute Gasteiger partial charge is 0.475 e. The first-order valence-corrected chi connectivity index (χ1v) is 11.8. The molecule has 0 spiro atoms. The van der Waals surface area contributed by atoms with Gasteiger partial charge >= 0.3 is 5.97 Å². The van der Waals surface area contributed by atoms with Crippen LogP contribution in [-0.2, 0) is 9.53 Å². The number of esters is 1. The molecule has 1 unspecified atom stereocenters. The number of ether oxygens (including phenoxy) is 2. The Labute approximate surface area is 196 Å². The van der Waals surface area contributed by atoms with E-state index in [0.29, 0.717) is 24.6 Å². The molecule has 1 aromatic heterocycles. The maximum atomic E-state index is 13.4. The van der Waals surface area contributed by atoms with Gasteiger partial charge in [-0.15, -0.1) is 0 Å². The molecule has 1 N–H and O–H groups in total. The highest BCUT2D eigenvalue weighted by atomic mass is 16.5. The summed E-state index contributed by atoms with van der Waals surface area (Å²) in [6.07, 6.45) is 1.72. The molecular formula is C26H34N4O3. The van der Waals surface area contributed by atoms with Crippen molar-refractivity contribution in [3.8, 4) is 5.88 Å². The number of benzene rings is 1. The minimum atomic E-state index is -0.327. The van der Waals surface area contributed by atoms with Crippen molar-refractivity contribution in [3.05, 3.63) is 65.0 Å². The first-order chi connectivity index (χ1) is 16.0. The third-order valence-corrected chi connectivity index (χ3v) is 6.09. The molecule has 1 saturated heterocycles. The highest BCUT2D eigenvalue weighted by Gasteiger charge is 2.38. The number of nitrogens with one attached hydrogen (secondary N) is 1. The van der Waals surface area contributed by atoms with Crippen molar-refractivity contribution >= 4 is 11.7 Å². The number of fused-ring (bicyclic) bond motifs is 1. The van der Waals surface area contributed by atoms with Crippen molar-refractivity contribution in [1.82, 2.24) is 14.8 Å². The number of anilines is 1. The predicted molar refractivity (Wildman–Crippen MR) is 130 cm³/mol. The van der Waals surface area contributed by atoms with E-state index < -0.39 is 0 Å². The molecule has 0 radical (unpaired) electrons. The Morgan fingerprint density at radius 3 is 2.55 bits per heavy atom. The van der Waals surface area contributed by atoms with E-state index in [1.807, 2.05) is 45.0 Å². The normalized spacial score (nSPS) is 19.2. The van der Waals surface area contributed by atoms with Gasteiger partial charge in [-0.2, -0.15) is 0 Å². The van der Waals surface area contributed by atoms with E-state index in [4.69, 9.17) is 9.47 Å². The van der Waals surface area contributed by atoms with Crippen LogP contribution < -0.4 is 10.1 Å². The third-order valence-electron chi connectivity index (χ3n) is 6.09. The molecule has 0 saturated carbocycles. The Balaban J connectivity index is 1.84. The molecule has 33 heavy (non-hydrogen) atoms. The molecule has 3 heterocycles. The van der Waals surface area contributed by atoms with Crippen LogP contribution in [0, 0.1) is 0 Å². The second-order valence-corrected chi connectivity index (χ2v) is 8.90. The number of nitrogens with zero attached hydrogens (tertiary/aromatic N) is 3. The Bertz CT molecular complexity index is 998. The van der Waals surface area contributed by atoms with E-state index in [9.17, 15) is 4.79 Å². The molecule has 1 aromatic carbocycles. The highest BCUT2D eigenvalue weighted by molar-refractivity contribution is 5.95. The predicted octanol–water partition coefficient (Wildman–Crippen LogP) is 3.49. The fourth-order valence-corrected chi connectivity index (χ4v) is 4.49. The van der Waals surface area contributed by atoms with E-state index in [1.165, 1.54) is 0 Å². The van der Waals surface area contributed by atoms with Crippen molar-refractivity contribution < 1.29 is 14.3 Å². The summed E-state index contributed by atoms with van der Waals surface area (Å²) in [5.74, 6) is -0.0799. The molecule has 0 bridgehead atoms. The van der Waals surface area contributed by atoms with Crippen LogP contribution in [-0.4, -0.2) is 73.2 Å². The van der Waals surface area contributed by atoms with E-state index in [0.717, 1.165) is 48.7 Å². The molecule has 2 aliphatic heterocycles. The van der Waals surface area contributed by atoms with Crippen molar-refractivity contribution in [2.45, 2.75) is 32.8 Å². The number of carbonyl (C=O) groups excluding carboxylic acids is 1.